The minimum Gasteiger partial charge on any atom is -0.493 e. The predicted molar refractivity (Wildman–Crippen MR) is 96.2 cm³/mol. The number of halogens is 3. The van der Waals surface area contributed by atoms with Gasteiger partial charge < -0.3 is 10.8 Å². The largest absolute Gasteiger partial charge is 0.501 e. The van der Waals surface area contributed by atoms with Crippen LogP contribution in [-0.4, -0.2) is 33.2 Å². The van der Waals surface area contributed by atoms with Crippen LogP contribution >= 0.6 is 0 Å². The first-order valence-corrected chi connectivity index (χ1v) is 9.59. The number of sulfone groups is 1. The number of benzene rings is 1. The summed E-state index contributed by atoms with van der Waals surface area (Å²) in [6.07, 6.45) is 2.68. The lowest BCUT2D eigenvalue weighted by atomic mass is 10.2. The molecule has 0 aliphatic rings. The lowest BCUT2D eigenvalue weighted by Gasteiger charge is -2.09. The quantitative estimate of drug-likeness (QED) is 0.636. The molecular weight excluding hydrogens is 413 g/mol. The smallest absolute Gasteiger partial charge is 0.493 e. The molecule has 3 aromatic rings. The number of pyridine rings is 1. The van der Waals surface area contributed by atoms with Gasteiger partial charge in [-0.15, -0.1) is 0 Å². The molecule has 0 unspecified atom stereocenters. The Morgan fingerprint density at radius 3 is 2.38 bits per heavy atom. The number of rotatable bonds is 5. The minimum absolute atomic E-state index is 0.00440. The molecule has 3 N–H and O–H groups in total. The molecule has 0 spiro atoms. The van der Waals surface area contributed by atoms with Crippen molar-refractivity contribution in [2.75, 3.05) is 0 Å². The Labute approximate surface area is 162 Å². The molecule has 8 nitrogen and oxygen atoms in total. The van der Waals surface area contributed by atoms with E-state index >= 15 is 0 Å². The molecule has 2 heterocycles. The molecule has 0 radical (unpaired) electrons. The van der Waals surface area contributed by atoms with E-state index in [1.807, 2.05) is 0 Å². The summed E-state index contributed by atoms with van der Waals surface area (Å²) < 4.78 is 62.8. The SMILES string of the molecule is NCc1cc(Cn2cc(O)n(-c3ccc(S(=O)(=O)C(F)(F)F)cc3)c2=O)ccn1. The van der Waals surface area contributed by atoms with E-state index in [9.17, 15) is 31.5 Å². The molecule has 3 rings (SSSR count). The number of nitrogens with two attached hydrogens (primary N) is 1. The molecule has 29 heavy (non-hydrogen) atoms. The highest BCUT2D eigenvalue weighted by Gasteiger charge is 2.46. The molecule has 0 aliphatic heterocycles. The summed E-state index contributed by atoms with van der Waals surface area (Å²) in [6, 6.07) is 6.80. The lowest BCUT2D eigenvalue weighted by molar-refractivity contribution is -0.0436. The highest BCUT2D eigenvalue weighted by Crippen LogP contribution is 2.30. The van der Waals surface area contributed by atoms with Crippen molar-refractivity contribution >= 4 is 9.84 Å². The van der Waals surface area contributed by atoms with Crippen molar-refractivity contribution in [1.82, 2.24) is 14.1 Å². The van der Waals surface area contributed by atoms with Gasteiger partial charge in [-0.2, -0.15) is 13.2 Å². The van der Waals surface area contributed by atoms with Crippen LogP contribution in [0.3, 0.4) is 0 Å². The summed E-state index contributed by atoms with van der Waals surface area (Å²) in [5.41, 5.74) is 0.737. The van der Waals surface area contributed by atoms with Gasteiger partial charge in [-0.25, -0.2) is 17.8 Å². The van der Waals surface area contributed by atoms with Crippen molar-refractivity contribution in [3.63, 3.8) is 0 Å². The molecule has 0 fully saturated rings. The van der Waals surface area contributed by atoms with Crippen LogP contribution in [0.2, 0.25) is 0 Å². The second kappa shape index (κ2) is 7.37. The maximum absolute atomic E-state index is 12.6. The third kappa shape index (κ3) is 3.89. The van der Waals surface area contributed by atoms with Gasteiger partial charge in [0.05, 0.1) is 29.0 Å². The predicted octanol–water partition coefficient (Wildman–Crippen LogP) is 1.54. The number of aromatic nitrogens is 3. The number of nitrogens with zero attached hydrogens (tertiary/aromatic N) is 3. The zero-order chi connectivity index (χ0) is 21.4. The number of alkyl halides is 3. The summed E-state index contributed by atoms with van der Waals surface area (Å²) >= 11 is 0. The van der Waals surface area contributed by atoms with Crippen molar-refractivity contribution < 1.29 is 26.7 Å². The molecule has 0 amide bonds. The van der Waals surface area contributed by atoms with Gasteiger partial charge in [0.1, 0.15) is 0 Å². The molecule has 0 aliphatic carbocycles. The van der Waals surface area contributed by atoms with Gasteiger partial charge in [0, 0.05) is 12.7 Å². The van der Waals surface area contributed by atoms with Crippen LogP contribution < -0.4 is 11.4 Å². The zero-order valence-electron chi connectivity index (χ0n) is 14.7. The van der Waals surface area contributed by atoms with Gasteiger partial charge in [0.15, 0.2) is 0 Å². The summed E-state index contributed by atoms with van der Waals surface area (Å²) in [5.74, 6) is -0.463. The second-order valence-electron chi connectivity index (χ2n) is 6.04. The Balaban J connectivity index is 1.95. The molecule has 0 saturated carbocycles. The number of imidazole rings is 1. The highest BCUT2D eigenvalue weighted by atomic mass is 32.2. The Kier molecular flexibility index (Phi) is 5.24. The van der Waals surface area contributed by atoms with Crippen LogP contribution in [0.15, 0.2) is 58.5 Å². The molecule has 154 valence electrons. The second-order valence-corrected chi connectivity index (χ2v) is 7.98. The van der Waals surface area contributed by atoms with Crippen molar-refractivity contribution in [1.29, 1.82) is 0 Å². The molecule has 12 heteroatoms. The highest BCUT2D eigenvalue weighted by molar-refractivity contribution is 7.92. The lowest BCUT2D eigenvalue weighted by Crippen LogP contribution is -2.24. The fourth-order valence-electron chi connectivity index (χ4n) is 2.68. The van der Waals surface area contributed by atoms with E-state index in [1.165, 1.54) is 10.8 Å². The van der Waals surface area contributed by atoms with Crippen molar-refractivity contribution in [3.8, 4) is 11.6 Å². The topological polar surface area (TPSA) is 120 Å². The Morgan fingerprint density at radius 2 is 1.79 bits per heavy atom. The number of hydrogen-bond acceptors (Lipinski definition) is 6. The Bertz CT molecular complexity index is 1200. The van der Waals surface area contributed by atoms with Crippen LogP contribution in [0.1, 0.15) is 11.3 Å². The van der Waals surface area contributed by atoms with E-state index in [0.29, 0.717) is 11.3 Å². The third-order valence-electron chi connectivity index (χ3n) is 4.09. The van der Waals surface area contributed by atoms with E-state index < -0.39 is 31.8 Å². The normalized spacial score (nSPS) is 12.3. The summed E-state index contributed by atoms with van der Waals surface area (Å²) in [4.78, 5) is 15.7. The summed E-state index contributed by atoms with van der Waals surface area (Å²) in [6.45, 7) is 0.303. The molecule has 0 saturated heterocycles. The van der Waals surface area contributed by atoms with E-state index in [4.69, 9.17) is 5.73 Å². The first-order valence-electron chi connectivity index (χ1n) is 8.11. The summed E-state index contributed by atoms with van der Waals surface area (Å²) in [7, 11) is -5.51. The van der Waals surface area contributed by atoms with Gasteiger partial charge in [0.25, 0.3) is 9.84 Å². The maximum Gasteiger partial charge on any atom is 0.501 e. The first-order chi connectivity index (χ1) is 13.5. The van der Waals surface area contributed by atoms with Gasteiger partial charge in [0.2, 0.25) is 5.88 Å². The van der Waals surface area contributed by atoms with Crippen LogP contribution in [0.25, 0.3) is 5.69 Å². The Morgan fingerprint density at radius 1 is 1.14 bits per heavy atom. The van der Waals surface area contributed by atoms with Gasteiger partial charge in [-0.05, 0) is 42.0 Å². The molecule has 0 bridgehead atoms. The van der Waals surface area contributed by atoms with Crippen LogP contribution in [-0.2, 0) is 22.9 Å². The van der Waals surface area contributed by atoms with E-state index in [2.05, 4.69) is 4.98 Å². The minimum atomic E-state index is -5.51. The van der Waals surface area contributed by atoms with E-state index in [-0.39, 0.29) is 18.8 Å². The first kappa shape index (κ1) is 20.6. The van der Waals surface area contributed by atoms with Gasteiger partial charge >= 0.3 is 11.2 Å². The number of aromatic hydroxyl groups is 1. The Hall–Kier alpha value is -3.12. The molecular formula is C17H15F3N4O4S. The number of hydrogen-bond donors (Lipinski definition) is 2. The fourth-order valence-corrected chi connectivity index (χ4v) is 3.44. The standard InChI is InChI=1S/C17H15F3N4O4S/c18-17(19,20)29(27,28)14-3-1-13(2-4-14)24-15(25)10-23(16(24)26)9-11-5-6-22-12(7-11)8-21/h1-7,10,25H,8-9,21H2. The molecule has 0 atom stereocenters. The third-order valence-corrected chi connectivity index (χ3v) is 5.59. The maximum atomic E-state index is 12.6. The average Bonchev–Trinajstić information content (AvgIpc) is 2.94. The van der Waals surface area contributed by atoms with Crippen molar-refractivity contribution in [2.45, 2.75) is 23.5 Å². The fraction of sp³-hybridized carbons (Fsp3) is 0.176. The molecule has 2 aromatic heterocycles. The van der Waals surface area contributed by atoms with Gasteiger partial charge in [-0.1, -0.05) is 0 Å². The van der Waals surface area contributed by atoms with Crippen LogP contribution in [0.4, 0.5) is 13.2 Å². The van der Waals surface area contributed by atoms with E-state index in [1.54, 1.807) is 12.1 Å². The van der Waals surface area contributed by atoms with Crippen LogP contribution in [0.5, 0.6) is 5.88 Å². The van der Waals surface area contributed by atoms with Crippen LogP contribution in [0, 0.1) is 0 Å². The average molecular weight is 428 g/mol. The van der Waals surface area contributed by atoms with Gasteiger partial charge in [-0.3, -0.25) is 9.55 Å². The van der Waals surface area contributed by atoms with Crippen molar-refractivity contribution in [2.24, 2.45) is 5.73 Å². The summed E-state index contributed by atoms with van der Waals surface area (Å²) in [5, 5.41) is 10.1. The van der Waals surface area contributed by atoms with E-state index in [0.717, 1.165) is 35.0 Å². The monoisotopic (exact) mass is 428 g/mol. The molecule has 1 aromatic carbocycles. The van der Waals surface area contributed by atoms with Crippen molar-refractivity contribution in [3.05, 3.63) is 70.5 Å². The zero-order valence-corrected chi connectivity index (χ0v) is 15.5.